The monoisotopic (exact) mass is 1370 g/mol. The molecule has 4 N–H and O–H groups in total. The third kappa shape index (κ3) is 12.5. The van der Waals surface area contributed by atoms with E-state index in [1.807, 2.05) is 24.5 Å². The highest BCUT2D eigenvalue weighted by Gasteiger charge is 2.36. The summed E-state index contributed by atoms with van der Waals surface area (Å²) in [6.45, 7) is 55.9. The van der Waals surface area contributed by atoms with Crippen LogP contribution in [-0.2, 0) is 43.3 Å². The molecule has 2 unspecified atom stereocenters. The summed E-state index contributed by atoms with van der Waals surface area (Å²) in [6.07, 6.45) is 17.3. The van der Waals surface area contributed by atoms with Gasteiger partial charge in [-0.3, -0.25) is 9.97 Å². The summed E-state index contributed by atoms with van der Waals surface area (Å²) in [5.74, 6) is 0. The van der Waals surface area contributed by atoms with Gasteiger partial charge in [-0.25, -0.2) is 19.9 Å². The maximum atomic E-state index is 6.12. The van der Waals surface area contributed by atoms with Crippen LogP contribution in [0.1, 0.15) is 233 Å². The van der Waals surface area contributed by atoms with Crippen molar-refractivity contribution in [3.8, 4) is 44.5 Å². The Kier molecular flexibility index (Phi) is 16.0. The van der Waals surface area contributed by atoms with Gasteiger partial charge in [0.25, 0.3) is 0 Å². The first-order chi connectivity index (χ1) is 48.5. The van der Waals surface area contributed by atoms with Gasteiger partial charge in [-0.05, 0) is 183 Å². The zero-order valence-corrected chi connectivity index (χ0v) is 65.8. The molecule has 0 saturated heterocycles. The lowest BCUT2D eigenvalue weighted by atomic mass is 9.78. The molecule has 5 aromatic carbocycles. The zero-order valence-electron chi connectivity index (χ0n) is 65.8. The summed E-state index contributed by atoms with van der Waals surface area (Å²) < 4.78 is 0. The number of anilines is 2. The number of fused-ring (bicyclic) bond motifs is 19. The van der Waals surface area contributed by atoms with Crippen molar-refractivity contribution >= 4 is 103 Å². The second kappa shape index (κ2) is 23.9. The number of nitrogens with one attached hydrogen (secondary N) is 4. The Labute approximate surface area is 615 Å². The first-order valence-electron chi connectivity index (χ1n) is 37.5. The molecule has 10 heteroatoms. The van der Waals surface area contributed by atoms with Crippen molar-refractivity contribution < 1.29 is 0 Å². The third-order valence-corrected chi connectivity index (χ3v) is 21.8. The Morgan fingerprint density at radius 3 is 0.837 bits per heavy atom. The second-order valence-corrected chi connectivity index (χ2v) is 38.2. The molecule has 104 heavy (non-hydrogen) atoms. The van der Waals surface area contributed by atoms with Crippen molar-refractivity contribution in [3.05, 3.63) is 200 Å². The number of rotatable bonds is 4. The Hall–Kier alpha value is -9.80. The van der Waals surface area contributed by atoms with Crippen LogP contribution in [-0.4, -0.2) is 52.0 Å². The van der Waals surface area contributed by atoms with Gasteiger partial charge >= 0.3 is 0 Å². The highest BCUT2D eigenvalue weighted by atomic mass is 15.1. The van der Waals surface area contributed by atoms with E-state index in [9.17, 15) is 0 Å². The van der Waals surface area contributed by atoms with Crippen LogP contribution in [0.5, 0.6) is 0 Å². The standard InChI is InChI=1S/C94H104N10/c1-87(2,3)55-37-51(38-56(45-55)88(4,5)6)75-65-29-30-66(97-65)76(52-39-57(89(7,8)9)46-58(40-52)90(10,11)12)68-32-34-70(99-68)78(54-43-61(93(19,20)21)48-62(44-54)94(22,23)24)84-86-85(83(104-84)77(69-33-31-67(75)98-69)53-41-59(91(13,14)15)47-60(42-53)92(16,17)18)102-73-49-71-72(50-74(73)103-86)101-82-64-28-26-36-96-80(64)79-63(81(82)100-71)27-25-35-95-79/h25-50,73-74,97,102-104H,1-24H3. The van der Waals surface area contributed by atoms with Crippen molar-refractivity contribution in [3.63, 3.8) is 0 Å². The average Bonchev–Trinajstić information content (AvgIpc) is 1.56. The molecule has 0 saturated carbocycles. The molecule has 0 radical (unpaired) electrons. The van der Waals surface area contributed by atoms with Crippen molar-refractivity contribution in [2.75, 3.05) is 10.6 Å². The van der Waals surface area contributed by atoms with Crippen LogP contribution < -0.4 is 21.3 Å². The molecular weight excluding hydrogens is 1270 g/mol. The molecule has 15 rings (SSSR count). The van der Waals surface area contributed by atoms with E-state index >= 15 is 0 Å². The lowest BCUT2D eigenvalue weighted by Crippen LogP contribution is -2.49. The van der Waals surface area contributed by atoms with Crippen molar-refractivity contribution in [2.45, 2.75) is 222 Å². The smallest absolute Gasteiger partial charge is 0.0996 e. The second-order valence-electron chi connectivity index (χ2n) is 38.2. The minimum atomic E-state index is -0.281. The Morgan fingerprint density at radius 2 is 0.558 bits per heavy atom. The van der Waals surface area contributed by atoms with Gasteiger partial charge < -0.3 is 20.6 Å². The van der Waals surface area contributed by atoms with Gasteiger partial charge in [-0.2, -0.15) is 0 Å². The SMILES string of the molecule is CC(C)(C)c1cc(-c2c3nc(c(-c4cc(C(C)(C)C)cc(C(C)(C)C)c4)c4[nH]c(c5c4NC4C=c6nc7c8cccnc8c8ncccc8c7nc6=CC4N5)c(-c4cc(C(C)(C)C)cc(C(C)(C)C)c4)c4nc(c(-c5cc(C(C)(C)C)cc(C(C)(C)C)c5)c5ccc2[nH]5)C=C4)C=C3)cc(C(C)(C)C)c1. The van der Waals surface area contributed by atoms with Gasteiger partial charge in [0.1, 0.15) is 0 Å². The summed E-state index contributed by atoms with van der Waals surface area (Å²) in [6, 6.07) is 41.2. The molecule has 11 aromatic rings. The van der Waals surface area contributed by atoms with Crippen molar-refractivity contribution in [1.29, 1.82) is 0 Å². The Morgan fingerprint density at radius 1 is 0.288 bits per heavy atom. The van der Waals surface area contributed by atoms with E-state index in [1.54, 1.807) is 0 Å². The number of benzene rings is 5. The molecule has 2 atom stereocenters. The molecule has 9 heterocycles. The fourth-order valence-electron chi connectivity index (χ4n) is 15.2. The molecule has 3 aliphatic heterocycles. The Bertz CT molecular complexity index is 5350. The summed E-state index contributed by atoms with van der Waals surface area (Å²) in [4.78, 5) is 41.8. The molecule has 6 aromatic heterocycles. The maximum Gasteiger partial charge on any atom is 0.0996 e. The molecular formula is C94H104N10. The van der Waals surface area contributed by atoms with Crippen LogP contribution in [0.15, 0.2) is 122 Å². The summed E-state index contributed by atoms with van der Waals surface area (Å²) in [7, 11) is 0. The van der Waals surface area contributed by atoms with Gasteiger partial charge in [0.05, 0.1) is 90.0 Å². The number of hydrogen-bond donors (Lipinski definition) is 4. The first kappa shape index (κ1) is 69.9. The zero-order chi connectivity index (χ0) is 74.2. The average molecular weight is 1370 g/mol. The highest BCUT2D eigenvalue weighted by molar-refractivity contribution is 6.20. The number of hydrogen-bond acceptors (Lipinski definition) is 8. The predicted octanol–water partition coefficient (Wildman–Crippen LogP) is 22.6. The number of aromatic nitrogens is 8. The largest absolute Gasteiger partial charge is 0.373 e. The van der Waals surface area contributed by atoms with Gasteiger partial charge in [0.15, 0.2) is 0 Å². The van der Waals surface area contributed by atoms with Crippen LogP contribution in [0, 0.1) is 0 Å². The minimum Gasteiger partial charge on any atom is -0.373 e. The minimum absolute atomic E-state index is 0.160. The maximum absolute atomic E-state index is 6.12. The summed E-state index contributed by atoms with van der Waals surface area (Å²) in [5, 5.41) is 12.1. The van der Waals surface area contributed by atoms with Gasteiger partial charge in [-0.1, -0.05) is 239 Å². The highest BCUT2D eigenvalue weighted by Crippen LogP contribution is 2.50. The van der Waals surface area contributed by atoms with Crippen LogP contribution in [0.25, 0.3) is 136 Å². The van der Waals surface area contributed by atoms with Crippen LogP contribution in [0.3, 0.4) is 0 Å². The fraction of sp³-hybridized carbons (Fsp3) is 0.362. The molecule has 530 valence electrons. The third-order valence-electron chi connectivity index (χ3n) is 21.8. The Balaban J connectivity index is 1.17. The fourth-order valence-corrected chi connectivity index (χ4v) is 15.2. The van der Waals surface area contributed by atoms with Gasteiger partial charge in [0, 0.05) is 56.5 Å². The molecule has 1 aliphatic carbocycles. The molecule has 0 spiro atoms. The van der Waals surface area contributed by atoms with E-state index in [-0.39, 0.29) is 55.4 Å². The lowest BCUT2D eigenvalue weighted by molar-refractivity contribution is 0.568. The van der Waals surface area contributed by atoms with Crippen LogP contribution >= 0.6 is 0 Å². The van der Waals surface area contributed by atoms with Crippen LogP contribution in [0.2, 0.25) is 0 Å². The number of H-pyrrole nitrogens is 2. The normalized spacial score (nSPS) is 15.7. The van der Waals surface area contributed by atoms with E-state index in [4.69, 9.17) is 29.9 Å². The molecule has 0 amide bonds. The van der Waals surface area contributed by atoms with Crippen molar-refractivity contribution in [1.82, 2.24) is 39.9 Å². The molecule has 4 aliphatic rings. The quantitative estimate of drug-likeness (QED) is 0.128. The number of nitrogens with zero attached hydrogens (tertiary/aromatic N) is 6. The molecule has 10 nitrogen and oxygen atoms in total. The predicted molar refractivity (Wildman–Crippen MR) is 443 cm³/mol. The number of aromatic amines is 2. The summed E-state index contributed by atoms with van der Waals surface area (Å²) in [5.41, 5.74) is 29.1. The van der Waals surface area contributed by atoms with E-state index in [0.717, 1.165) is 144 Å². The van der Waals surface area contributed by atoms with Crippen molar-refractivity contribution in [2.24, 2.45) is 0 Å². The van der Waals surface area contributed by atoms with Crippen LogP contribution in [0.4, 0.5) is 11.4 Å². The first-order valence-corrected chi connectivity index (χ1v) is 37.5. The lowest BCUT2D eigenvalue weighted by Gasteiger charge is -2.33. The van der Waals surface area contributed by atoms with E-state index in [1.165, 1.54) is 44.5 Å². The summed E-state index contributed by atoms with van der Waals surface area (Å²) >= 11 is 0. The van der Waals surface area contributed by atoms with E-state index in [0.29, 0.717) is 0 Å². The molecule has 0 fully saturated rings. The van der Waals surface area contributed by atoms with Gasteiger partial charge in [0.2, 0.25) is 0 Å². The van der Waals surface area contributed by atoms with E-state index in [2.05, 4.69) is 320 Å². The number of pyridine rings is 2. The molecule has 8 bridgehead atoms. The topological polar surface area (TPSA) is 133 Å². The van der Waals surface area contributed by atoms with Gasteiger partial charge in [-0.15, -0.1) is 0 Å². The van der Waals surface area contributed by atoms with E-state index < -0.39 is 0 Å².